The summed E-state index contributed by atoms with van der Waals surface area (Å²) in [5.74, 6) is -0.850. The molecular formula is C15H17NO4S. The van der Waals surface area contributed by atoms with Crippen molar-refractivity contribution in [3.05, 3.63) is 45.5 Å². The zero-order valence-electron chi connectivity index (χ0n) is 11.7. The zero-order valence-corrected chi connectivity index (χ0v) is 12.5. The molecule has 0 fully saturated rings. The summed E-state index contributed by atoms with van der Waals surface area (Å²) in [5.41, 5.74) is 0. The summed E-state index contributed by atoms with van der Waals surface area (Å²) in [4.78, 5) is 24.9. The minimum absolute atomic E-state index is 0.0587. The lowest BCUT2D eigenvalue weighted by Crippen LogP contribution is -2.22. The van der Waals surface area contributed by atoms with E-state index in [1.807, 2.05) is 0 Å². The molecule has 0 radical (unpaired) electrons. The average molecular weight is 307 g/mol. The van der Waals surface area contributed by atoms with Crippen molar-refractivity contribution in [2.45, 2.75) is 32.7 Å². The monoisotopic (exact) mass is 307 g/mol. The third-order valence-electron chi connectivity index (χ3n) is 2.96. The first-order valence-electron chi connectivity index (χ1n) is 6.68. The van der Waals surface area contributed by atoms with E-state index in [4.69, 9.17) is 9.52 Å². The highest BCUT2D eigenvalue weighted by atomic mass is 32.1. The summed E-state index contributed by atoms with van der Waals surface area (Å²) >= 11 is 1.75. The first-order valence-corrected chi connectivity index (χ1v) is 7.50. The quantitative estimate of drug-likeness (QED) is 0.824. The Bertz CT molecular complexity index is 629. The molecule has 6 heteroatoms. The topological polar surface area (TPSA) is 79.5 Å². The maximum atomic E-state index is 11.7. The fourth-order valence-corrected chi connectivity index (χ4v) is 2.84. The van der Waals surface area contributed by atoms with Crippen molar-refractivity contribution >= 4 is 23.2 Å². The molecule has 2 heterocycles. The molecule has 0 spiro atoms. The number of rotatable bonds is 7. The van der Waals surface area contributed by atoms with Crippen molar-refractivity contribution < 1.29 is 19.1 Å². The lowest BCUT2D eigenvalue weighted by molar-refractivity contribution is -0.121. The van der Waals surface area contributed by atoms with Gasteiger partial charge in [0.2, 0.25) is 11.7 Å². The van der Waals surface area contributed by atoms with Crippen LogP contribution in [0.5, 0.6) is 0 Å². The molecule has 0 atom stereocenters. The lowest BCUT2D eigenvalue weighted by Gasteiger charge is -2.02. The van der Waals surface area contributed by atoms with Gasteiger partial charge in [-0.3, -0.25) is 4.79 Å². The Kier molecular flexibility index (Phi) is 5.16. The van der Waals surface area contributed by atoms with Crippen molar-refractivity contribution in [2.75, 3.05) is 0 Å². The Morgan fingerprint density at radius 3 is 2.71 bits per heavy atom. The number of aryl methyl sites for hydroxylation is 2. The summed E-state index contributed by atoms with van der Waals surface area (Å²) in [6, 6.07) is 7.10. The first-order chi connectivity index (χ1) is 10.0. The molecule has 21 heavy (non-hydrogen) atoms. The molecular weight excluding hydrogens is 290 g/mol. The molecule has 0 bridgehead atoms. The smallest absolute Gasteiger partial charge is 0.371 e. The molecule has 0 unspecified atom stereocenters. The lowest BCUT2D eigenvalue weighted by atomic mass is 10.2. The van der Waals surface area contributed by atoms with E-state index in [1.54, 1.807) is 17.4 Å². The predicted octanol–water partition coefficient (Wildman–Crippen LogP) is 2.99. The molecule has 0 aliphatic heterocycles. The summed E-state index contributed by atoms with van der Waals surface area (Å²) in [7, 11) is 0. The third kappa shape index (κ3) is 4.75. The van der Waals surface area contributed by atoms with Crippen LogP contribution < -0.4 is 5.32 Å². The standard InChI is InChI=1S/C15H17NO4S/c1-10-5-7-12(21-10)3-2-4-14(17)16-9-11-6-8-13(20-11)15(18)19/h5-8H,2-4,9H2,1H3,(H,16,17)(H,18,19). The van der Waals surface area contributed by atoms with Crippen molar-refractivity contribution in [1.29, 1.82) is 0 Å². The van der Waals surface area contributed by atoms with Gasteiger partial charge >= 0.3 is 5.97 Å². The van der Waals surface area contributed by atoms with Crippen LogP contribution in [0.4, 0.5) is 0 Å². The van der Waals surface area contributed by atoms with Gasteiger partial charge in [-0.1, -0.05) is 0 Å². The fraction of sp³-hybridized carbons (Fsp3) is 0.333. The number of hydrogen-bond acceptors (Lipinski definition) is 4. The van der Waals surface area contributed by atoms with E-state index in [-0.39, 0.29) is 18.2 Å². The molecule has 0 aromatic carbocycles. The molecule has 2 rings (SSSR count). The van der Waals surface area contributed by atoms with Crippen LogP contribution in [-0.4, -0.2) is 17.0 Å². The van der Waals surface area contributed by atoms with Crippen LogP contribution in [0.3, 0.4) is 0 Å². The van der Waals surface area contributed by atoms with Crippen molar-refractivity contribution in [2.24, 2.45) is 0 Å². The van der Waals surface area contributed by atoms with Gasteiger partial charge in [0.1, 0.15) is 5.76 Å². The van der Waals surface area contributed by atoms with Gasteiger partial charge in [-0.25, -0.2) is 4.79 Å². The van der Waals surface area contributed by atoms with Crippen molar-refractivity contribution in [1.82, 2.24) is 5.32 Å². The second-order valence-corrected chi connectivity index (χ2v) is 6.09. The van der Waals surface area contributed by atoms with Crippen LogP contribution in [0, 0.1) is 6.92 Å². The Balaban J connectivity index is 1.68. The predicted molar refractivity (Wildman–Crippen MR) is 79.5 cm³/mol. The molecule has 0 saturated carbocycles. The van der Waals surface area contributed by atoms with Crippen LogP contribution in [0.1, 0.15) is 38.9 Å². The Morgan fingerprint density at radius 1 is 1.29 bits per heavy atom. The van der Waals surface area contributed by atoms with Gasteiger partial charge in [-0.2, -0.15) is 0 Å². The molecule has 112 valence electrons. The number of nitrogens with one attached hydrogen (secondary N) is 1. The summed E-state index contributed by atoms with van der Waals surface area (Å²) in [6.07, 6.45) is 2.14. The maximum absolute atomic E-state index is 11.7. The van der Waals surface area contributed by atoms with E-state index in [2.05, 4.69) is 24.4 Å². The largest absolute Gasteiger partial charge is 0.475 e. The van der Waals surface area contributed by atoms with Crippen LogP contribution in [0.2, 0.25) is 0 Å². The number of amides is 1. The maximum Gasteiger partial charge on any atom is 0.371 e. The highest BCUT2D eigenvalue weighted by Gasteiger charge is 2.09. The highest BCUT2D eigenvalue weighted by molar-refractivity contribution is 7.11. The van der Waals surface area contributed by atoms with E-state index in [0.29, 0.717) is 12.2 Å². The van der Waals surface area contributed by atoms with Gasteiger partial charge < -0.3 is 14.8 Å². The summed E-state index contributed by atoms with van der Waals surface area (Å²) in [5, 5.41) is 11.4. The Hall–Kier alpha value is -2.08. The van der Waals surface area contributed by atoms with Gasteiger partial charge in [0.05, 0.1) is 6.54 Å². The Morgan fingerprint density at radius 2 is 2.10 bits per heavy atom. The van der Waals surface area contributed by atoms with Gasteiger partial charge in [0, 0.05) is 16.2 Å². The highest BCUT2D eigenvalue weighted by Crippen LogP contribution is 2.17. The van der Waals surface area contributed by atoms with Gasteiger partial charge in [0.25, 0.3) is 0 Å². The Labute approximate surface area is 126 Å². The van der Waals surface area contributed by atoms with E-state index in [9.17, 15) is 9.59 Å². The normalized spacial score (nSPS) is 10.5. The molecule has 5 nitrogen and oxygen atoms in total. The number of thiophene rings is 1. The number of carbonyl (C=O) groups excluding carboxylic acids is 1. The summed E-state index contributed by atoms with van der Waals surface area (Å²) < 4.78 is 5.06. The van der Waals surface area contributed by atoms with Gasteiger partial charge in [0.15, 0.2) is 0 Å². The first kappa shape index (κ1) is 15.3. The number of carbonyl (C=O) groups is 2. The minimum atomic E-state index is -1.11. The van der Waals surface area contributed by atoms with Gasteiger partial charge in [-0.15, -0.1) is 11.3 Å². The van der Waals surface area contributed by atoms with E-state index < -0.39 is 5.97 Å². The third-order valence-corrected chi connectivity index (χ3v) is 4.02. The number of hydrogen-bond donors (Lipinski definition) is 2. The summed E-state index contributed by atoms with van der Waals surface area (Å²) in [6.45, 7) is 2.28. The second kappa shape index (κ2) is 7.08. The number of aromatic carboxylic acids is 1. The van der Waals surface area contributed by atoms with Gasteiger partial charge in [-0.05, 0) is 44.0 Å². The molecule has 0 aliphatic carbocycles. The van der Waals surface area contributed by atoms with Crippen LogP contribution >= 0.6 is 11.3 Å². The molecule has 0 saturated heterocycles. The molecule has 2 aromatic heterocycles. The van der Waals surface area contributed by atoms with Crippen LogP contribution in [-0.2, 0) is 17.8 Å². The molecule has 2 N–H and O–H groups in total. The van der Waals surface area contributed by atoms with E-state index >= 15 is 0 Å². The zero-order chi connectivity index (χ0) is 15.2. The molecule has 2 aromatic rings. The SMILES string of the molecule is Cc1ccc(CCCC(=O)NCc2ccc(C(=O)O)o2)s1. The number of carboxylic acids is 1. The number of carboxylic acid groups (broad SMARTS) is 1. The van der Waals surface area contributed by atoms with Crippen LogP contribution in [0.15, 0.2) is 28.7 Å². The van der Waals surface area contributed by atoms with Crippen molar-refractivity contribution in [3.63, 3.8) is 0 Å². The minimum Gasteiger partial charge on any atom is -0.475 e. The molecule has 0 aliphatic rings. The second-order valence-electron chi connectivity index (χ2n) is 4.71. The van der Waals surface area contributed by atoms with E-state index in [0.717, 1.165) is 12.8 Å². The van der Waals surface area contributed by atoms with E-state index in [1.165, 1.54) is 15.8 Å². The molecule has 1 amide bonds. The fourth-order valence-electron chi connectivity index (χ4n) is 1.90. The number of furan rings is 1. The van der Waals surface area contributed by atoms with Crippen LogP contribution in [0.25, 0.3) is 0 Å². The average Bonchev–Trinajstić information content (AvgIpc) is 3.05. The van der Waals surface area contributed by atoms with Crippen molar-refractivity contribution in [3.8, 4) is 0 Å².